The van der Waals surface area contributed by atoms with Gasteiger partial charge in [0.15, 0.2) is 0 Å². The lowest BCUT2D eigenvalue weighted by atomic mass is 10.0. The monoisotopic (exact) mass is 377 g/mol. The summed E-state index contributed by atoms with van der Waals surface area (Å²) in [6.45, 7) is 0. The van der Waals surface area contributed by atoms with Gasteiger partial charge in [0.1, 0.15) is 11.6 Å². The molecule has 5 heteroatoms. The van der Waals surface area contributed by atoms with Crippen molar-refractivity contribution in [2.75, 3.05) is 0 Å². The Balaban J connectivity index is 1.79. The third kappa shape index (κ3) is 4.41. The van der Waals surface area contributed by atoms with Crippen LogP contribution >= 0.6 is 11.6 Å². The number of nitriles is 1. The van der Waals surface area contributed by atoms with E-state index in [1.165, 1.54) is 6.07 Å². The van der Waals surface area contributed by atoms with Crippen LogP contribution in [0, 0.1) is 17.1 Å². The molecular formula is C22H13ClFNO2. The summed E-state index contributed by atoms with van der Waals surface area (Å²) in [5.74, 6) is -0.690. The number of ether oxygens (including phenoxy) is 1. The summed E-state index contributed by atoms with van der Waals surface area (Å²) in [7, 11) is 0. The highest BCUT2D eigenvalue weighted by Gasteiger charge is 2.12. The van der Waals surface area contributed by atoms with Crippen molar-refractivity contribution in [3.8, 4) is 11.8 Å². The maximum Gasteiger partial charge on any atom is 0.345 e. The lowest BCUT2D eigenvalue weighted by Gasteiger charge is -2.06. The molecule has 0 atom stereocenters. The smallest absolute Gasteiger partial charge is 0.345 e. The van der Waals surface area contributed by atoms with Crippen LogP contribution < -0.4 is 4.74 Å². The van der Waals surface area contributed by atoms with Crippen LogP contribution in [-0.4, -0.2) is 5.97 Å². The predicted octanol–water partition coefficient (Wildman–Crippen LogP) is 5.76. The molecule has 0 fully saturated rings. The molecule has 3 aromatic carbocycles. The number of carbonyl (C=O) groups is 1. The Morgan fingerprint density at radius 2 is 1.59 bits per heavy atom. The third-order valence-corrected chi connectivity index (χ3v) is 4.11. The van der Waals surface area contributed by atoms with E-state index in [2.05, 4.69) is 0 Å². The van der Waals surface area contributed by atoms with Crippen LogP contribution in [0.5, 0.6) is 5.75 Å². The highest BCUT2D eigenvalue weighted by molar-refractivity contribution is 6.33. The number of benzene rings is 3. The summed E-state index contributed by atoms with van der Waals surface area (Å²) in [6, 6.07) is 21.2. The van der Waals surface area contributed by atoms with Gasteiger partial charge >= 0.3 is 5.97 Å². The zero-order chi connectivity index (χ0) is 19.2. The van der Waals surface area contributed by atoms with E-state index >= 15 is 0 Å². The first-order valence-corrected chi connectivity index (χ1v) is 8.40. The Morgan fingerprint density at radius 1 is 0.963 bits per heavy atom. The second-order valence-corrected chi connectivity index (χ2v) is 6.00. The van der Waals surface area contributed by atoms with E-state index in [0.717, 1.165) is 0 Å². The second-order valence-electron chi connectivity index (χ2n) is 5.59. The number of carbonyl (C=O) groups excluding carboxylic acids is 1. The molecule has 0 aliphatic rings. The van der Waals surface area contributed by atoms with E-state index in [-0.39, 0.29) is 16.7 Å². The summed E-state index contributed by atoms with van der Waals surface area (Å²) in [5, 5.41) is 9.63. The van der Waals surface area contributed by atoms with E-state index < -0.39 is 11.8 Å². The number of halogens is 2. The largest absolute Gasteiger partial charge is 0.423 e. The lowest BCUT2D eigenvalue weighted by Crippen LogP contribution is -2.08. The molecule has 0 aromatic heterocycles. The SMILES string of the molecule is N#C/C(=C/c1ccc(OC(=O)c2ccccc2Cl)cc1)c1ccccc1F. The standard InChI is InChI=1S/C22H13ClFNO2/c23-20-7-3-1-6-19(20)22(26)27-17-11-9-15(10-12-17)13-16(14-25)18-5-2-4-8-21(18)24/h1-13H/b16-13-. The second kappa shape index (κ2) is 8.31. The van der Waals surface area contributed by atoms with Crippen molar-refractivity contribution in [2.24, 2.45) is 0 Å². The van der Waals surface area contributed by atoms with Gasteiger partial charge in [-0.1, -0.05) is 54.1 Å². The van der Waals surface area contributed by atoms with Crippen LogP contribution in [0.2, 0.25) is 5.02 Å². The molecule has 0 spiro atoms. The first kappa shape index (κ1) is 18.4. The molecule has 0 amide bonds. The summed E-state index contributed by atoms with van der Waals surface area (Å²) >= 11 is 5.98. The fourth-order valence-corrected chi connectivity index (χ4v) is 2.65. The van der Waals surface area contributed by atoms with E-state index in [1.807, 2.05) is 6.07 Å². The van der Waals surface area contributed by atoms with Gasteiger partial charge in [-0.15, -0.1) is 0 Å². The summed E-state index contributed by atoms with van der Waals surface area (Å²) < 4.78 is 19.2. The molecule has 27 heavy (non-hydrogen) atoms. The van der Waals surface area contributed by atoms with Crippen molar-refractivity contribution < 1.29 is 13.9 Å². The summed E-state index contributed by atoms with van der Waals surface area (Å²) in [6.07, 6.45) is 1.57. The van der Waals surface area contributed by atoms with Gasteiger partial charge in [0.05, 0.1) is 22.2 Å². The predicted molar refractivity (Wildman–Crippen MR) is 103 cm³/mol. The molecule has 0 saturated carbocycles. The number of allylic oxidation sites excluding steroid dienone is 1. The average Bonchev–Trinajstić information content (AvgIpc) is 2.68. The van der Waals surface area contributed by atoms with Gasteiger partial charge in [-0.2, -0.15) is 5.26 Å². The molecule has 0 aliphatic heterocycles. The fraction of sp³-hybridized carbons (Fsp3) is 0. The lowest BCUT2D eigenvalue weighted by molar-refractivity contribution is 0.0735. The van der Waals surface area contributed by atoms with Crippen molar-refractivity contribution in [3.05, 3.63) is 100 Å². The number of nitrogens with zero attached hydrogens (tertiary/aromatic N) is 1. The van der Waals surface area contributed by atoms with Gasteiger partial charge in [-0.25, -0.2) is 9.18 Å². The molecule has 3 nitrogen and oxygen atoms in total. The van der Waals surface area contributed by atoms with E-state index in [4.69, 9.17) is 16.3 Å². The Morgan fingerprint density at radius 3 is 2.22 bits per heavy atom. The van der Waals surface area contributed by atoms with Crippen LogP contribution in [0.3, 0.4) is 0 Å². The van der Waals surface area contributed by atoms with E-state index in [0.29, 0.717) is 16.3 Å². The van der Waals surface area contributed by atoms with Crippen LogP contribution in [-0.2, 0) is 0 Å². The van der Waals surface area contributed by atoms with Crippen LogP contribution in [0.25, 0.3) is 11.6 Å². The summed E-state index contributed by atoms with van der Waals surface area (Å²) in [4.78, 5) is 12.2. The van der Waals surface area contributed by atoms with Gasteiger partial charge < -0.3 is 4.74 Å². The van der Waals surface area contributed by atoms with Crippen molar-refractivity contribution in [3.63, 3.8) is 0 Å². The molecule has 0 saturated heterocycles. The zero-order valence-corrected chi connectivity index (χ0v) is 14.8. The number of hydrogen-bond donors (Lipinski definition) is 0. The minimum Gasteiger partial charge on any atom is -0.423 e. The van der Waals surface area contributed by atoms with Crippen molar-refractivity contribution in [2.45, 2.75) is 0 Å². The van der Waals surface area contributed by atoms with Crippen LogP contribution in [0.4, 0.5) is 4.39 Å². The normalized spacial score (nSPS) is 10.9. The van der Waals surface area contributed by atoms with E-state index in [9.17, 15) is 14.4 Å². The molecule has 0 N–H and O–H groups in total. The molecule has 3 aromatic rings. The van der Waals surface area contributed by atoms with Crippen molar-refractivity contribution in [1.29, 1.82) is 5.26 Å². The first-order valence-electron chi connectivity index (χ1n) is 8.02. The van der Waals surface area contributed by atoms with Crippen molar-refractivity contribution in [1.82, 2.24) is 0 Å². The maximum absolute atomic E-state index is 13.9. The molecule has 0 aliphatic carbocycles. The number of esters is 1. The highest BCUT2D eigenvalue weighted by atomic mass is 35.5. The van der Waals surface area contributed by atoms with Gasteiger partial charge in [-0.3, -0.25) is 0 Å². The molecule has 0 bridgehead atoms. The van der Waals surface area contributed by atoms with Gasteiger partial charge in [0.25, 0.3) is 0 Å². The van der Waals surface area contributed by atoms with Gasteiger partial charge in [0, 0.05) is 5.56 Å². The highest BCUT2D eigenvalue weighted by Crippen LogP contribution is 2.23. The zero-order valence-electron chi connectivity index (χ0n) is 14.0. The quantitative estimate of drug-likeness (QED) is 0.251. The number of hydrogen-bond acceptors (Lipinski definition) is 3. The minimum absolute atomic E-state index is 0.203. The Bertz CT molecular complexity index is 1050. The first-order chi connectivity index (χ1) is 13.1. The molecule has 0 heterocycles. The van der Waals surface area contributed by atoms with E-state index in [1.54, 1.807) is 72.8 Å². The van der Waals surface area contributed by atoms with Crippen molar-refractivity contribution >= 4 is 29.2 Å². The summed E-state index contributed by atoms with van der Waals surface area (Å²) in [5.41, 5.74) is 1.38. The fourth-order valence-electron chi connectivity index (χ4n) is 2.44. The number of rotatable bonds is 4. The molecule has 132 valence electrons. The Hall–Kier alpha value is -3.42. The minimum atomic E-state index is -0.562. The van der Waals surface area contributed by atoms with Crippen LogP contribution in [0.1, 0.15) is 21.5 Å². The molecule has 3 rings (SSSR count). The Labute approximate surface area is 160 Å². The third-order valence-electron chi connectivity index (χ3n) is 3.78. The average molecular weight is 378 g/mol. The molecular weight excluding hydrogens is 365 g/mol. The Kier molecular flexibility index (Phi) is 5.65. The molecule has 0 radical (unpaired) electrons. The maximum atomic E-state index is 13.9. The van der Waals surface area contributed by atoms with Gasteiger partial charge in [0.2, 0.25) is 0 Å². The van der Waals surface area contributed by atoms with Gasteiger partial charge in [-0.05, 0) is 42.0 Å². The molecule has 0 unspecified atom stereocenters. The van der Waals surface area contributed by atoms with Crippen LogP contribution in [0.15, 0.2) is 72.8 Å². The topological polar surface area (TPSA) is 50.1 Å².